The Labute approximate surface area is 115 Å². The number of likely N-dealkylation sites (N-methyl/N-ethyl adjacent to an activating group) is 1. The maximum absolute atomic E-state index is 5.90. The number of likely N-dealkylation sites (tertiary alicyclic amines) is 1. The molecule has 4 heteroatoms. The number of nitrogens with zero attached hydrogens (tertiary/aromatic N) is 1. The van der Waals surface area contributed by atoms with E-state index in [4.69, 9.17) is 11.6 Å². The zero-order valence-corrected chi connectivity index (χ0v) is 11.9. The minimum Gasteiger partial charge on any atom is -0.316 e. The van der Waals surface area contributed by atoms with Gasteiger partial charge in [-0.25, -0.2) is 0 Å². The van der Waals surface area contributed by atoms with Gasteiger partial charge in [0.25, 0.3) is 0 Å². The number of rotatable bonds is 3. The highest BCUT2D eigenvalue weighted by atomic mass is 35.5. The molecule has 2 rings (SSSR count). The number of nitrogens with one attached hydrogen (secondary N) is 1. The first kappa shape index (κ1) is 14.8. The van der Waals surface area contributed by atoms with Crippen LogP contribution in [0.3, 0.4) is 0 Å². The zero-order chi connectivity index (χ0) is 11.5. The van der Waals surface area contributed by atoms with Crippen LogP contribution >= 0.6 is 24.0 Å². The van der Waals surface area contributed by atoms with E-state index in [1.807, 2.05) is 19.2 Å². The molecule has 96 valence electrons. The summed E-state index contributed by atoms with van der Waals surface area (Å²) >= 11 is 5.90. The summed E-state index contributed by atoms with van der Waals surface area (Å²) < 4.78 is 0. The van der Waals surface area contributed by atoms with Crippen molar-refractivity contribution >= 4 is 24.0 Å². The SMILES string of the molecule is CNC1CCN(C(C)c2ccc(Cl)cc2)C1.Cl. The average Bonchev–Trinajstić information content (AvgIpc) is 2.77. The first-order chi connectivity index (χ1) is 7.70. The minimum atomic E-state index is 0. The first-order valence-corrected chi connectivity index (χ1v) is 6.25. The van der Waals surface area contributed by atoms with E-state index in [1.165, 1.54) is 18.5 Å². The van der Waals surface area contributed by atoms with Crippen molar-refractivity contribution in [2.75, 3.05) is 20.1 Å². The molecule has 1 aromatic carbocycles. The molecule has 1 N–H and O–H groups in total. The molecule has 0 aliphatic carbocycles. The Kier molecular flexibility index (Phi) is 5.74. The van der Waals surface area contributed by atoms with E-state index in [-0.39, 0.29) is 12.4 Å². The van der Waals surface area contributed by atoms with E-state index >= 15 is 0 Å². The fraction of sp³-hybridized carbons (Fsp3) is 0.538. The van der Waals surface area contributed by atoms with Crippen molar-refractivity contribution < 1.29 is 0 Å². The fourth-order valence-electron chi connectivity index (χ4n) is 2.33. The Bertz CT molecular complexity index is 340. The molecule has 0 bridgehead atoms. The second-order valence-electron chi connectivity index (χ2n) is 4.50. The van der Waals surface area contributed by atoms with Crippen LogP contribution in [0.15, 0.2) is 24.3 Å². The summed E-state index contributed by atoms with van der Waals surface area (Å²) in [6.07, 6.45) is 1.24. The Hall–Kier alpha value is -0.280. The van der Waals surface area contributed by atoms with Gasteiger partial charge in [-0.05, 0) is 38.1 Å². The molecule has 2 atom stereocenters. The van der Waals surface area contributed by atoms with Gasteiger partial charge in [0, 0.05) is 30.2 Å². The van der Waals surface area contributed by atoms with Crippen LogP contribution in [0.5, 0.6) is 0 Å². The molecule has 1 saturated heterocycles. The molecule has 1 fully saturated rings. The van der Waals surface area contributed by atoms with E-state index < -0.39 is 0 Å². The third-order valence-electron chi connectivity index (χ3n) is 3.53. The molecule has 0 saturated carbocycles. The maximum Gasteiger partial charge on any atom is 0.0406 e. The monoisotopic (exact) mass is 274 g/mol. The van der Waals surface area contributed by atoms with Crippen LogP contribution in [0.25, 0.3) is 0 Å². The van der Waals surface area contributed by atoms with E-state index in [0.29, 0.717) is 12.1 Å². The van der Waals surface area contributed by atoms with Crippen molar-refractivity contribution in [3.8, 4) is 0 Å². The van der Waals surface area contributed by atoms with E-state index in [0.717, 1.165) is 11.6 Å². The predicted octanol–water partition coefficient (Wildman–Crippen LogP) is 3.12. The van der Waals surface area contributed by atoms with Crippen molar-refractivity contribution in [2.24, 2.45) is 0 Å². The highest BCUT2D eigenvalue weighted by Crippen LogP contribution is 2.25. The number of benzene rings is 1. The van der Waals surface area contributed by atoms with Gasteiger partial charge >= 0.3 is 0 Å². The van der Waals surface area contributed by atoms with Crippen molar-refractivity contribution in [3.63, 3.8) is 0 Å². The molecule has 1 aliphatic heterocycles. The van der Waals surface area contributed by atoms with Gasteiger partial charge in [0.1, 0.15) is 0 Å². The molecular formula is C13H20Cl2N2. The summed E-state index contributed by atoms with van der Waals surface area (Å²) in [4.78, 5) is 2.52. The molecule has 1 heterocycles. The van der Waals surface area contributed by atoms with E-state index in [1.54, 1.807) is 0 Å². The van der Waals surface area contributed by atoms with Gasteiger partial charge in [0.05, 0.1) is 0 Å². The zero-order valence-electron chi connectivity index (χ0n) is 10.3. The Morgan fingerprint density at radius 2 is 2.00 bits per heavy atom. The van der Waals surface area contributed by atoms with Crippen molar-refractivity contribution in [3.05, 3.63) is 34.9 Å². The summed E-state index contributed by atoms with van der Waals surface area (Å²) in [6.45, 7) is 4.58. The molecule has 0 radical (unpaired) electrons. The van der Waals surface area contributed by atoms with Crippen LogP contribution in [0.2, 0.25) is 5.02 Å². The number of hydrogen-bond acceptors (Lipinski definition) is 2. The molecule has 17 heavy (non-hydrogen) atoms. The standard InChI is InChI=1S/C13H19ClN2.ClH/c1-10(11-3-5-12(14)6-4-11)16-8-7-13(9-16)15-2;/h3-6,10,13,15H,7-9H2,1-2H3;1H. The summed E-state index contributed by atoms with van der Waals surface area (Å²) in [6, 6.07) is 9.32. The van der Waals surface area contributed by atoms with Crippen LogP contribution in [0, 0.1) is 0 Å². The van der Waals surface area contributed by atoms with Gasteiger partial charge in [-0.2, -0.15) is 0 Å². The van der Waals surface area contributed by atoms with Gasteiger partial charge in [0.2, 0.25) is 0 Å². The predicted molar refractivity (Wildman–Crippen MR) is 76.2 cm³/mol. The lowest BCUT2D eigenvalue weighted by molar-refractivity contribution is 0.257. The molecule has 2 unspecified atom stereocenters. The number of hydrogen-bond donors (Lipinski definition) is 1. The molecule has 0 spiro atoms. The van der Waals surface area contributed by atoms with E-state index in [9.17, 15) is 0 Å². The van der Waals surface area contributed by atoms with Gasteiger partial charge in [0.15, 0.2) is 0 Å². The normalized spacial score (nSPS) is 22.2. The second-order valence-corrected chi connectivity index (χ2v) is 4.93. The summed E-state index contributed by atoms with van der Waals surface area (Å²) in [5, 5.41) is 4.16. The molecule has 2 nitrogen and oxygen atoms in total. The Morgan fingerprint density at radius 3 is 2.53 bits per heavy atom. The lowest BCUT2D eigenvalue weighted by Gasteiger charge is -2.24. The lowest BCUT2D eigenvalue weighted by Crippen LogP contribution is -2.31. The molecule has 1 aromatic rings. The van der Waals surface area contributed by atoms with Crippen LogP contribution in [0.1, 0.15) is 24.9 Å². The van der Waals surface area contributed by atoms with E-state index in [2.05, 4.69) is 29.3 Å². The topological polar surface area (TPSA) is 15.3 Å². The molecule has 1 aliphatic rings. The minimum absolute atomic E-state index is 0. The highest BCUT2D eigenvalue weighted by molar-refractivity contribution is 6.30. The lowest BCUT2D eigenvalue weighted by atomic mass is 10.1. The highest BCUT2D eigenvalue weighted by Gasteiger charge is 2.25. The average molecular weight is 275 g/mol. The summed E-state index contributed by atoms with van der Waals surface area (Å²) in [5.41, 5.74) is 1.35. The van der Waals surface area contributed by atoms with Gasteiger partial charge in [-0.3, -0.25) is 4.90 Å². The van der Waals surface area contributed by atoms with Crippen LogP contribution in [-0.2, 0) is 0 Å². The summed E-state index contributed by atoms with van der Waals surface area (Å²) in [7, 11) is 2.04. The largest absolute Gasteiger partial charge is 0.316 e. The Morgan fingerprint density at radius 1 is 1.35 bits per heavy atom. The quantitative estimate of drug-likeness (QED) is 0.911. The van der Waals surface area contributed by atoms with Crippen molar-refractivity contribution in [1.29, 1.82) is 0 Å². The maximum atomic E-state index is 5.90. The first-order valence-electron chi connectivity index (χ1n) is 5.87. The van der Waals surface area contributed by atoms with Gasteiger partial charge < -0.3 is 5.32 Å². The van der Waals surface area contributed by atoms with Crippen LogP contribution in [-0.4, -0.2) is 31.1 Å². The summed E-state index contributed by atoms with van der Waals surface area (Å²) in [5.74, 6) is 0. The van der Waals surface area contributed by atoms with Gasteiger partial charge in [-0.1, -0.05) is 23.7 Å². The third kappa shape index (κ3) is 3.59. The smallest absolute Gasteiger partial charge is 0.0406 e. The molecule has 0 aromatic heterocycles. The van der Waals surface area contributed by atoms with Gasteiger partial charge in [-0.15, -0.1) is 12.4 Å². The van der Waals surface area contributed by atoms with Crippen LogP contribution < -0.4 is 5.32 Å². The Balaban J connectivity index is 0.00000144. The fourth-order valence-corrected chi connectivity index (χ4v) is 2.45. The van der Waals surface area contributed by atoms with Crippen molar-refractivity contribution in [1.82, 2.24) is 10.2 Å². The second kappa shape index (κ2) is 6.60. The van der Waals surface area contributed by atoms with Crippen molar-refractivity contribution in [2.45, 2.75) is 25.4 Å². The van der Waals surface area contributed by atoms with Crippen LogP contribution in [0.4, 0.5) is 0 Å². The molecular weight excluding hydrogens is 255 g/mol. The molecule has 0 amide bonds. The number of halogens is 2. The third-order valence-corrected chi connectivity index (χ3v) is 3.78.